The highest BCUT2D eigenvalue weighted by Gasteiger charge is 2.13. The number of anilines is 1. The minimum atomic E-state index is -0.373. The van der Waals surface area contributed by atoms with Gasteiger partial charge in [-0.2, -0.15) is 0 Å². The lowest BCUT2D eigenvalue weighted by Gasteiger charge is -2.16. The largest absolute Gasteiger partial charge is 0.486 e. The summed E-state index contributed by atoms with van der Waals surface area (Å²) in [6, 6.07) is 8.91. The second-order valence-corrected chi connectivity index (χ2v) is 6.35. The summed E-state index contributed by atoms with van der Waals surface area (Å²) in [5.41, 5.74) is 4.52. The number of aryl methyl sites for hydroxylation is 3. The van der Waals surface area contributed by atoms with E-state index in [-0.39, 0.29) is 23.4 Å². The molecule has 0 radical (unpaired) electrons. The highest BCUT2D eigenvalue weighted by Crippen LogP contribution is 2.26. The van der Waals surface area contributed by atoms with Crippen LogP contribution in [0.2, 0.25) is 0 Å². The number of halogens is 1. The molecule has 0 spiro atoms. The maximum absolute atomic E-state index is 14.1. The van der Waals surface area contributed by atoms with Gasteiger partial charge in [-0.05, 0) is 61.4 Å². The zero-order valence-electron chi connectivity index (χ0n) is 14.4. The summed E-state index contributed by atoms with van der Waals surface area (Å²) in [4.78, 5) is 11.7. The van der Waals surface area contributed by atoms with Gasteiger partial charge in [0.15, 0.2) is 11.6 Å². The van der Waals surface area contributed by atoms with Gasteiger partial charge in [-0.3, -0.25) is 4.79 Å². The van der Waals surface area contributed by atoms with Gasteiger partial charge in [0, 0.05) is 11.3 Å². The molecule has 128 valence electrons. The van der Waals surface area contributed by atoms with Gasteiger partial charge >= 0.3 is 0 Å². The minimum absolute atomic E-state index is 0.137. The molecule has 0 atom stereocenters. The second-order valence-electron chi connectivity index (χ2n) is 5.57. The molecule has 2 aromatic carbocycles. The van der Waals surface area contributed by atoms with Crippen molar-refractivity contribution < 1.29 is 13.9 Å². The summed E-state index contributed by atoms with van der Waals surface area (Å²) in [6.45, 7) is 6.03. The van der Waals surface area contributed by atoms with E-state index in [1.165, 1.54) is 6.07 Å². The van der Waals surface area contributed by atoms with Crippen molar-refractivity contribution in [2.24, 2.45) is 0 Å². The highest BCUT2D eigenvalue weighted by atomic mass is 32.2. The third kappa shape index (κ3) is 4.29. The van der Waals surface area contributed by atoms with Crippen molar-refractivity contribution in [2.75, 3.05) is 11.6 Å². The van der Waals surface area contributed by atoms with Crippen LogP contribution in [0.1, 0.15) is 29.2 Å². The van der Waals surface area contributed by atoms with Crippen LogP contribution in [0.3, 0.4) is 0 Å². The molecule has 5 heteroatoms. The number of benzene rings is 2. The first-order valence-corrected chi connectivity index (χ1v) is 9.04. The maximum atomic E-state index is 14.1. The quantitative estimate of drug-likeness (QED) is 0.778. The van der Waals surface area contributed by atoms with Crippen LogP contribution in [-0.2, 0) is 13.0 Å². The predicted molar refractivity (Wildman–Crippen MR) is 98.6 cm³/mol. The van der Waals surface area contributed by atoms with Crippen molar-refractivity contribution in [1.82, 2.24) is 0 Å². The van der Waals surface area contributed by atoms with Crippen LogP contribution >= 0.6 is 11.8 Å². The summed E-state index contributed by atoms with van der Waals surface area (Å²) in [5, 5.41) is 2.72. The first-order chi connectivity index (χ1) is 11.5. The van der Waals surface area contributed by atoms with Gasteiger partial charge in [-0.25, -0.2) is 4.39 Å². The topological polar surface area (TPSA) is 38.3 Å². The average molecular weight is 347 g/mol. The Morgan fingerprint density at radius 3 is 2.62 bits per heavy atom. The molecule has 2 rings (SSSR count). The van der Waals surface area contributed by atoms with Crippen LogP contribution in [0, 0.1) is 19.7 Å². The Morgan fingerprint density at radius 2 is 1.96 bits per heavy atom. The molecule has 0 heterocycles. The van der Waals surface area contributed by atoms with E-state index in [2.05, 4.69) is 5.32 Å². The Morgan fingerprint density at radius 1 is 1.25 bits per heavy atom. The van der Waals surface area contributed by atoms with Crippen molar-refractivity contribution in [3.63, 3.8) is 0 Å². The van der Waals surface area contributed by atoms with Crippen molar-refractivity contribution >= 4 is 22.7 Å². The molecule has 2 aromatic rings. The molecule has 0 aliphatic carbocycles. The van der Waals surface area contributed by atoms with Gasteiger partial charge in [-0.1, -0.05) is 30.8 Å². The molecule has 0 unspecified atom stereocenters. The van der Waals surface area contributed by atoms with Gasteiger partial charge < -0.3 is 10.1 Å². The van der Waals surface area contributed by atoms with E-state index in [0.717, 1.165) is 40.4 Å². The minimum Gasteiger partial charge on any atom is -0.486 e. The third-order valence-corrected chi connectivity index (χ3v) is 4.47. The van der Waals surface area contributed by atoms with Crippen LogP contribution in [0.15, 0.2) is 30.3 Å². The number of rotatable bonds is 5. The van der Waals surface area contributed by atoms with E-state index in [9.17, 15) is 9.18 Å². The fourth-order valence-corrected chi connectivity index (χ4v) is 2.64. The number of amides is 1. The van der Waals surface area contributed by atoms with Gasteiger partial charge in [-0.15, -0.1) is 0 Å². The van der Waals surface area contributed by atoms with Gasteiger partial charge in [0.2, 0.25) is 0 Å². The molecule has 1 N–H and O–H groups in total. The maximum Gasteiger partial charge on any atom is 0.283 e. The number of ether oxygens (including phenoxy) is 1. The number of carbonyl (C=O) groups is 1. The Kier molecular flexibility index (Phi) is 6.26. The van der Waals surface area contributed by atoms with Crippen LogP contribution in [0.5, 0.6) is 5.75 Å². The number of nitrogens with one attached hydrogen (secondary N) is 1. The number of hydrogen-bond acceptors (Lipinski definition) is 3. The zero-order valence-corrected chi connectivity index (χ0v) is 15.2. The van der Waals surface area contributed by atoms with Crippen molar-refractivity contribution in [3.8, 4) is 5.75 Å². The molecule has 0 aliphatic heterocycles. The number of carbonyl (C=O) groups excluding carboxylic acids is 1. The van der Waals surface area contributed by atoms with Crippen LogP contribution in [0.25, 0.3) is 0 Å². The summed E-state index contributed by atoms with van der Waals surface area (Å²) in [7, 11) is 0. The lowest BCUT2D eigenvalue weighted by molar-refractivity contribution is 0.269. The summed E-state index contributed by atoms with van der Waals surface area (Å²) >= 11 is 1.11. The summed E-state index contributed by atoms with van der Waals surface area (Å²) in [6.07, 6.45) is 2.52. The van der Waals surface area contributed by atoms with Crippen LogP contribution in [-0.4, -0.2) is 11.5 Å². The molecule has 3 nitrogen and oxygen atoms in total. The van der Waals surface area contributed by atoms with Crippen LogP contribution < -0.4 is 10.1 Å². The lowest BCUT2D eigenvalue weighted by Crippen LogP contribution is -2.10. The van der Waals surface area contributed by atoms with E-state index in [1.54, 1.807) is 12.3 Å². The Bertz CT molecular complexity index is 746. The predicted octanol–water partition coefficient (Wildman–Crippen LogP) is 5.48. The molecule has 1 amide bonds. The van der Waals surface area contributed by atoms with Crippen LogP contribution in [0.4, 0.5) is 14.9 Å². The molecule has 0 aromatic heterocycles. The molecule has 0 bridgehead atoms. The first-order valence-electron chi connectivity index (χ1n) is 7.81. The van der Waals surface area contributed by atoms with Gasteiger partial charge in [0.25, 0.3) is 5.24 Å². The molecule has 0 aliphatic rings. The highest BCUT2D eigenvalue weighted by molar-refractivity contribution is 8.13. The lowest BCUT2D eigenvalue weighted by atomic mass is 10.0. The molecule has 24 heavy (non-hydrogen) atoms. The fourth-order valence-electron chi connectivity index (χ4n) is 2.43. The molecule has 0 saturated carbocycles. The summed E-state index contributed by atoms with van der Waals surface area (Å²) < 4.78 is 19.8. The second kappa shape index (κ2) is 8.20. The summed E-state index contributed by atoms with van der Waals surface area (Å²) in [5.74, 6) is -0.145. The molecular weight excluding hydrogens is 325 g/mol. The van der Waals surface area contributed by atoms with Gasteiger partial charge in [0.1, 0.15) is 6.61 Å². The Labute approximate surface area is 146 Å². The normalized spacial score (nSPS) is 10.5. The zero-order chi connectivity index (χ0) is 17.7. The number of hydrogen-bond donors (Lipinski definition) is 1. The fraction of sp³-hybridized carbons (Fsp3) is 0.316. The SMILES string of the molecule is CCc1cccc(NC(=O)SC)c1COc1cc(C)c(C)cc1F. The van der Waals surface area contributed by atoms with Crippen molar-refractivity contribution in [2.45, 2.75) is 33.8 Å². The molecule has 0 saturated heterocycles. The van der Waals surface area contributed by atoms with E-state index in [4.69, 9.17) is 4.74 Å². The van der Waals surface area contributed by atoms with E-state index in [0.29, 0.717) is 5.69 Å². The van der Waals surface area contributed by atoms with Gasteiger partial charge in [0.05, 0.1) is 0 Å². The average Bonchev–Trinajstić information content (AvgIpc) is 2.57. The Balaban J connectivity index is 2.28. The smallest absolute Gasteiger partial charge is 0.283 e. The van der Waals surface area contributed by atoms with E-state index < -0.39 is 0 Å². The van der Waals surface area contributed by atoms with E-state index >= 15 is 0 Å². The van der Waals surface area contributed by atoms with Crippen molar-refractivity contribution in [1.29, 1.82) is 0 Å². The molecule has 0 fully saturated rings. The Hall–Kier alpha value is -2.01. The monoisotopic (exact) mass is 347 g/mol. The van der Waals surface area contributed by atoms with Crippen molar-refractivity contribution in [3.05, 3.63) is 58.4 Å². The van der Waals surface area contributed by atoms with E-state index in [1.807, 2.05) is 39.0 Å². The standard InChI is InChI=1S/C19H22FNO2S/c1-5-14-7-6-8-17(21-19(22)24-4)15(14)11-23-18-10-13(3)12(2)9-16(18)20/h6-10H,5,11H2,1-4H3,(H,21,22). The first kappa shape index (κ1) is 18.3. The third-order valence-electron chi connectivity index (χ3n) is 4.00. The number of thioether (sulfide) groups is 1. The molecular formula is C19H22FNO2S.